The van der Waals surface area contributed by atoms with Crippen molar-refractivity contribution in [3.8, 4) is 11.8 Å². The van der Waals surface area contributed by atoms with Gasteiger partial charge in [0.1, 0.15) is 0 Å². The normalized spacial score (nSPS) is 12.9. The lowest BCUT2D eigenvalue weighted by atomic mass is 10.1. The lowest BCUT2D eigenvalue weighted by Gasteiger charge is -2.10. The molecular weight excluding hydrogens is 350 g/mol. The van der Waals surface area contributed by atoms with E-state index in [9.17, 15) is 4.79 Å². The number of nitrogens with zero attached hydrogens (tertiary/aromatic N) is 1. The fourth-order valence-electron chi connectivity index (χ4n) is 2.31. The van der Waals surface area contributed by atoms with Crippen molar-refractivity contribution in [3.05, 3.63) is 68.7 Å². The molecule has 0 aliphatic carbocycles. The molecule has 1 amide bonds. The average molecular weight is 361 g/mol. The van der Waals surface area contributed by atoms with E-state index in [0.29, 0.717) is 23.7 Å². The number of carbonyl (C=O) groups excluding carboxylic acids is 1. The van der Waals surface area contributed by atoms with E-state index >= 15 is 0 Å². The van der Waals surface area contributed by atoms with Crippen LogP contribution in [-0.4, -0.2) is 17.4 Å². The lowest BCUT2D eigenvalue weighted by molar-refractivity contribution is 0.0799. The van der Waals surface area contributed by atoms with Crippen LogP contribution in [0.3, 0.4) is 0 Å². The molecule has 104 valence electrons. The van der Waals surface area contributed by atoms with E-state index in [1.54, 1.807) is 11.0 Å². The van der Waals surface area contributed by atoms with Gasteiger partial charge in [-0.25, -0.2) is 0 Å². The van der Waals surface area contributed by atoms with E-state index < -0.39 is 0 Å². The van der Waals surface area contributed by atoms with Gasteiger partial charge in [0, 0.05) is 16.6 Å². The molecule has 1 aliphatic rings. The quantitative estimate of drug-likeness (QED) is 0.701. The Kier molecular flexibility index (Phi) is 4.01. The summed E-state index contributed by atoms with van der Waals surface area (Å²) in [5.41, 5.74) is 2.49. The van der Waals surface area contributed by atoms with Gasteiger partial charge in [0.2, 0.25) is 0 Å². The Bertz CT molecular complexity index is 762. The summed E-state index contributed by atoms with van der Waals surface area (Å²) < 4.78 is 0.885. The Morgan fingerprint density at radius 2 is 2.00 bits per heavy atom. The lowest BCUT2D eigenvalue weighted by Crippen LogP contribution is -2.24. The Labute approximate surface area is 136 Å². The van der Waals surface area contributed by atoms with Crippen LogP contribution in [0, 0.1) is 11.8 Å². The minimum atomic E-state index is -0.0511. The molecule has 0 N–H and O–H groups in total. The zero-order valence-corrected chi connectivity index (χ0v) is 13.4. The summed E-state index contributed by atoms with van der Waals surface area (Å²) in [6.45, 7) is 0.952. The second-order valence-electron chi connectivity index (χ2n) is 4.75. The second kappa shape index (κ2) is 5.93. The van der Waals surface area contributed by atoms with Crippen molar-refractivity contribution in [2.24, 2.45) is 0 Å². The molecule has 0 atom stereocenters. The third-order valence-corrected chi connectivity index (χ3v) is 4.03. The number of rotatable bonds is 1. The average Bonchev–Trinajstić information content (AvgIpc) is 2.76. The third-order valence-electron chi connectivity index (χ3n) is 3.28. The Hall–Kier alpha value is -1.76. The van der Waals surface area contributed by atoms with Crippen LogP contribution < -0.4 is 0 Å². The van der Waals surface area contributed by atoms with Crippen LogP contribution in [0.5, 0.6) is 0 Å². The molecule has 0 spiro atoms. The molecule has 1 heterocycles. The second-order valence-corrected chi connectivity index (χ2v) is 6.07. The summed E-state index contributed by atoms with van der Waals surface area (Å²) in [4.78, 5) is 14.0. The van der Waals surface area contributed by atoms with Crippen LogP contribution in [-0.2, 0) is 6.54 Å². The molecule has 0 saturated carbocycles. The van der Waals surface area contributed by atoms with Gasteiger partial charge in [-0.15, -0.1) is 0 Å². The van der Waals surface area contributed by atoms with Gasteiger partial charge in [-0.3, -0.25) is 4.79 Å². The zero-order chi connectivity index (χ0) is 14.8. The van der Waals surface area contributed by atoms with Gasteiger partial charge in [-0.2, -0.15) is 0 Å². The SMILES string of the molecule is O=C1c2c(Cl)cc(Br)cc2CN1CC#Cc1ccccc1. The first-order valence-electron chi connectivity index (χ1n) is 6.46. The highest BCUT2D eigenvalue weighted by molar-refractivity contribution is 9.10. The van der Waals surface area contributed by atoms with Crippen molar-refractivity contribution >= 4 is 33.4 Å². The molecule has 0 aromatic heterocycles. The van der Waals surface area contributed by atoms with E-state index in [1.807, 2.05) is 36.4 Å². The standard InChI is InChI=1S/C17H11BrClNO/c18-14-9-13-11-20(17(21)16(13)15(19)10-14)8-4-7-12-5-2-1-3-6-12/h1-3,5-6,9-10H,8,11H2. The van der Waals surface area contributed by atoms with Crippen LogP contribution >= 0.6 is 27.5 Å². The molecule has 2 nitrogen and oxygen atoms in total. The summed E-state index contributed by atoms with van der Waals surface area (Å²) in [6.07, 6.45) is 0. The maximum Gasteiger partial charge on any atom is 0.256 e. The molecule has 0 bridgehead atoms. The minimum absolute atomic E-state index is 0.0511. The fraction of sp³-hybridized carbons (Fsp3) is 0.118. The van der Waals surface area contributed by atoms with E-state index in [2.05, 4.69) is 27.8 Å². The Morgan fingerprint density at radius 3 is 2.76 bits per heavy atom. The maximum atomic E-state index is 12.3. The smallest absolute Gasteiger partial charge is 0.256 e. The summed E-state index contributed by atoms with van der Waals surface area (Å²) in [7, 11) is 0. The van der Waals surface area contributed by atoms with Gasteiger partial charge in [-0.1, -0.05) is 57.6 Å². The monoisotopic (exact) mass is 359 g/mol. The topological polar surface area (TPSA) is 20.3 Å². The number of halogens is 2. The Balaban J connectivity index is 1.77. The summed E-state index contributed by atoms with van der Waals surface area (Å²) in [5.74, 6) is 6.05. The molecule has 0 unspecified atom stereocenters. The molecule has 1 aliphatic heterocycles. The molecule has 21 heavy (non-hydrogen) atoms. The minimum Gasteiger partial charge on any atom is -0.323 e. The van der Waals surface area contributed by atoms with Gasteiger partial charge in [0.25, 0.3) is 5.91 Å². The van der Waals surface area contributed by atoms with Crippen molar-refractivity contribution in [2.75, 3.05) is 6.54 Å². The number of amides is 1. The highest BCUT2D eigenvalue weighted by atomic mass is 79.9. The molecular formula is C17H11BrClNO. The Morgan fingerprint density at radius 1 is 1.24 bits per heavy atom. The van der Waals surface area contributed by atoms with E-state index in [1.165, 1.54) is 0 Å². The summed E-state index contributed by atoms with van der Waals surface area (Å²) in [6, 6.07) is 13.4. The van der Waals surface area contributed by atoms with Crippen molar-refractivity contribution in [1.82, 2.24) is 4.90 Å². The number of carbonyl (C=O) groups is 1. The van der Waals surface area contributed by atoms with E-state index in [-0.39, 0.29) is 5.91 Å². The fourth-order valence-corrected chi connectivity index (χ4v) is 3.27. The molecule has 0 saturated heterocycles. The van der Waals surface area contributed by atoms with Crippen molar-refractivity contribution in [1.29, 1.82) is 0 Å². The molecule has 0 radical (unpaired) electrons. The highest BCUT2D eigenvalue weighted by Crippen LogP contribution is 2.32. The summed E-state index contributed by atoms with van der Waals surface area (Å²) in [5, 5.41) is 0.489. The van der Waals surface area contributed by atoms with Crippen LogP contribution in [0.25, 0.3) is 0 Å². The van der Waals surface area contributed by atoms with Gasteiger partial charge >= 0.3 is 0 Å². The predicted octanol–water partition coefficient (Wildman–Crippen LogP) is 4.11. The van der Waals surface area contributed by atoms with E-state index in [4.69, 9.17) is 11.6 Å². The van der Waals surface area contributed by atoms with E-state index in [0.717, 1.165) is 15.6 Å². The maximum absolute atomic E-state index is 12.3. The number of benzene rings is 2. The van der Waals surface area contributed by atoms with Gasteiger partial charge in [-0.05, 0) is 29.8 Å². The first-order chi connectivity index (χ1) is 10.1. The number of hydrogen-bond donors (Lipinski definition) is 0. The first-order valence-corrected chi connectivity index (χ1v) is 7.63. The van der Waals surface area contributed by atoms with Gasteiger partial charge in [0.15, 0.2) is 0 Å². The predicted molar refractivity (Wildman–Crippen MR) is 87.2 cm³/mol. The highest BCUT2D eigenvalue weighted by Gasteiger charge is 2.29. The van der Waals surface area contributed by atoms with Gasteiger partial charge in [0.05, 0.1) is 17.1 Å². The molecule has 0 fully saturated rings. The zero-order valence-electron chi connectivity index (χ0n) is 11.1. The molecule has 3 rings (SSSR count). The third kappa shape index (κ3) is 2.97. The van der Waals surface area contributed by atoms with Crippen LogP contribution in [0.15, 0.2) is 46.9 Å². The largest absolute Gasteiger partial charge is 0.323 e. The molecule has 2 aromatic carbocycles. The molecule has 2 aromatic rings. The number of hydrogen-bond acceptors (Lipinski definition) is 1. The van der Waals surface area contributed by atoms with Crippen LogP contribution in [0.2, 0.25) is 5.02 Å². The van der Waals surface area contributed by atoms with Gasteiger partial charge < -0.3 is 4.90 Å². The van der Waals surface area contributed by atoms with Crippen molar-refractivity contribution in [3.63, 3.8) is 0 Å². The molecule has 4 heteroatoms. The first kappa shape index (κ1) is 14.2. The number of fused-ring (bicyclic) bond motifs is 1. The van der Waals surface area contributed by atoms with Crippen LogP contribution in [0.4, 0.5) is 0 Å². The van der Waals surface area contributed by atoms with Crippen molar-refractivity contribution < 1.29 is 4.79 Å². The van der Waals surface area contributed by atoms with Crippen LogP contribution in [0.1, 0.15) is 21.5 Å². The summed E-state index contributed by atoms with van der Waals surface area (Å²) >= 11 is 9.55. The van der Waals surface area contributed by atoms with Crippen molar-refractivity contribution in [2.45, 2.75) is 6.54 Å².